The molecule has 0 unspecified atom stereocenters. The smallest absolute Gasteiger partial charge is 0.246 e. The second-order valence-corrected chi connectivity index (χ2v) is 8.21. The number of hydrogen-bond acceptors (Lipinski definition) is 3. The summed E-state index contributed by atoms with van der Waals surface area (Å²) in [5, 5.41) is 0. The summed E-state index contributed by atoms with van der Waals surface area (Å²) in [4.78, 5) is 28.8. The van der Waals surface area contributed by atoms with Gasteiger partial charge in [-0.25, -0.2) is 0 Å². The maximum atomic E-state index is 12.9. The normalized spacial score (nSPS) is 19.9. The third-order valence-electron chi connectivity index (χ3n) is 6.23. The molecule has 156 valence electrons. The van der Waals surface area contributed by atoms with Crippen molar-refractivity contribution in [3.63, 3.8) is 0 Å². The summed E-state index contributed by atoms with van der Waals surface area (Å²) in [6.07, 6.45) is 7.16. The minimum Gasteiger partial charge on any atom is -0.368 e. The van der Waals surface area contributed by atoms with Crippen LogP contribution in [0.4, 0.5) is 0 Å². The van der Waals surface area contributed by atoms with Crippen LogP contribution in [0.25, 0.3) is 0 Å². The Hall–Kier alpha value is -2.92. The van der Waals surface area contributed by atoms with Crippen LogP contribution >= 0.6 is 0 Å². The van der Waals surface area contributed by atoms with E-state index in [0.29, 0.717) is 13.1 Å². The maximum Gasteiger partial charge on any atom is 0.246 e. The zero-order valence-electron chi connectivity index (χ0n) is 17.2. The van der Waals surface area contributed by atoms with Gasteiger partial charge in [-0.1, -0.05) is 60.7 Å². The Kier molecular flexibility index (Phi) is 6.29. The number of aryl methyl sites for hydroxylation is 1. The number of nitrogens with zero attached hydrogens (tertiary/aromatic N) is 2. The molecule has 30 heavy (non-hydrogen) atoms. The van der Waals surface area contributed by atoms with E-state index in [1.165, 1.54) is 16.7 Å². The molecule has 2 aromatic rings. The highest BCUT2D eigenvalue weighted by molar-refractivity contribution is 5.88. The summed E-state index contributed by atoms with van der Waals surface area (Å²) in [5.74, 6) is -0.252. The van der Waals surface area contributed by atoms with Gasteiger partial charge >= 0.3 is 0 Å². The van der Waals surface area contributed by atoms with Crippen LogP contribution in [0.1, 0.15) is 36.0 Å². The highest BCUT2D eigenvalue weighted by Crippen LogP contribution is 2.25. The molecule has 1 saturated heterocycles. The summed E-state index contributed by atoms with van der Waals surface area (Å²) < 4.78 is 0. The number of nitrogens with two attached hydrogens (primary N) is 1. The predicted octanol–water partition coefficient (Wildman–Crippen LogP) is 3.04. The fraction of sp³-hybridized carbons (Fsp3) is 0.360. The summed E-state index contributed by atoms with van der Waals surface area (Å²) in [5.41, 5.74) is 9.35. The molecule has 2 heterocycles. The van der Waals surface area contributed by atoms with Crippen molar-refractivity contribution in [3.05, 3.63) is 83.4 Å². The zero-order valence-corrected chi connectivity index (χ0v) is 17.2. The van der Waals surface area contributed by atoms with Crippen LogP contribution in [-0.2, 0) is 29.1 Å². The van der Waals surface area contributed by atoms with Crippen molar-refractivity contribution in [2.45, 2.75) is 50.9 Å². The van der Waals surface area contributed by atoms with Gasteiger partial charge in [-0.15, -0.1) is 0 Å². The van der Waals surface area contributed by atoms with Gasteiger partial charge in [0.15, 0.2) is 0 Å². The van der Waals surface area contributed by atoms with Crippen LogP contribution in [0.3, 0.4) is 0 Å². The van der Waals surface area contributed by atoms with Crippen molar-refractivity contribution in [3.8, 4) is 0 Å². The number of likely N-dealkylation sites (tertiary alicyclic amines) is 1. The van der Waals surface area contributed by atoms with Gasteiger partial charge in [-0.2, -0.15) is 0 Å². The molecule has 4 rings (SSSR count). The van der Waals surface area contributed by atoms with Gasteiger partial charge in [0.1, 0.15) is 0 Å². The van der Waals surface area contributed by atoms with Gasteiger partial charge in [0.05, 0.1) is 6.04 Å². The van der Waals surface area contributed by atoms with Gasteiger partial charge in [0.25, 0.3) is 0 Å². The average Bonchev–Trinajstić information content (AvgIpc) is 3.41. The lowest BCUT2D eigenvalue weighted by Gasteiger charge is -2.30. The SMILES string of the molecule is NC(=O)[C@@H]1CCCN1[C@H](/C=C/C(=O)N1Cc2ccccc2C1)CCc1ccccc1. The number of carbonyl (C=O) groups excluding carboxylic acids is 2. The Morgan fingerprint density at radius 1 is 1.03 bits per heavy atom. The van der Waals surface area contributed by atoms with Crippen LogP contribution in [0, 0.1) is 0 Å². The minimum atomic E-state index is -0.271. The lowest BCUT2D eigenvalue weighted by molar-refractivity contribution is -0.126. The molecule has 0 saturated carbocycles. The second kappa shape index (κ2) is 9.26. The molecule has 5 nitrogen and oxygen atoms in total. The first kappa shape index (κ1) is 20.4. The fourth-order valence-corrected chi connectivity index (χ4v) is 4.61. The molecule has 2 aliphatic heterocycles. The van der Waals surface area contributed by atoms with Crippen molar-refractivity contribution in [2.24, 2.45) is 5.73 Å². The molecule has 0 bridgehead atoms. The Labute approximate surface area is 178 Å². The van der Waals surface area contributed by atoms with E-state index in [-0.39, 0.29) is 23.9 Å². The molecule has 1 fully saturated rings. The van der Waals surface area contributed by atoms with Gasteiger partial charge in [-0.3, -0.25) is 14.5 Å². The predicted molar refractivity (Wildman–Crippen MR) is 117 cm³/mol. The van der Waals surface area contributed by atoms with Crippen molar-refractivity contribution in [1.82, 2.24) is 9.80 Å². The number of hydrogen-bond donors (Lipinski definition) is 1. The van der Waals surface area contributed by atoms with Crippen LogP contribution in [0.15, 0.2) is 66.7 Å². The van der Waals surface area contributed by atoms with Gasteiger partial charge in [-0.05, 0) is 48.9 Å². The van der Waals surface area contributed by atoms with Crippen LogP contribution < -0.4 is 5.73 Å². The number of benzene rings is 2. The molecule has 2 amide bonds. The van der Waals surface area contributed by atoms with Crippen LogP contribution in [0.2, 0.25) is 0 Å². The fourth-order valence-electron chi connectivity index (χ4n) is 4.61. The molecule has 0 radical (unpaired) electrons. The molecule has 2 aromatic carbocycles. The van der Waals surface area contributed by atoms with E-state index in [9.17, 15) is 9.59 Å². The first-order chi connectivity index (χ1) is 14.6. The number of rotatable bonds is 7. The molecule has 5 heteroatoms. The van der Waals surface area contributed by atoms with Crippen molar-refractivity contribution < 1.29 is 9.59 Å². The Morgan fingerprint density at radius 2 is 1.70 bits per heavy atom. The molecule has 2 N–H and O–H groups in total. The molecule has 0 aliphatic carbocycles. The van der Waals surface area contributed by atoms with E-state index in [1.54, 1.807) is 6.08 Å². The molecule has 2 atom stereocenters. The maximum absolute atomic E-state index is 12.9. The van der Waals surface area contributed by atoms with E-state index in [2.05, 4.69) is 29.2 Å². The summed E-state index contributed by atoms with van der Waals surface area (Å²) in [6.45, 7) is 2.14. The van der Waals surface area contributed by atoms with E-state index in [4.69, 9.17) is 5.73 Å². The first-order valence-electron chi connectivity index (χ1n) is 10.7. The summed E-state index contributed by atoms with van der Waals surface area (Å²) >= 11 is 0. The van der Waals surface area contributed by atoms with Crippen molar-refractivity contribution in [1.29, 1.82) is 0 Å². The second-order valence-electron chi connectivity index (χ2n) is 8.21. The average molecular weight is 404 g/mol. The van der Waals surface area contributed by atoms with E-state index in [1.807, 2.05) is 41.3 Å². The van der Waals surface area contributed by atoms with E-state index < -0.39 is 0 Å². The van der Waals surface area contributed by atoms with Gasteiger partial charge in [0.2, 0.25) is 11.8 Å². The lowest BCUT2D eigenvalue weighted by atomic mass is 10.0. The number of primary amides is 1. The highest BCUT2D eigenvalue weighted by atomic mass is 16.2. The van der Waals surface area contributed by atoms with Crippen LogP contribution in [-0.4, -0.2) is 40.2 Å². The van der Waals surface area contributed by atoms with Crippen molar-refractivity contribution in [2.75, 3.05) is 6.54 Å². The standard InChI is InChI=1S/C25H29N3O2/c26-25(30)23-11-6-16-28(23)22(13-12-19-7-2-1-3-8-19)14-15-24(29)27-17-20-9-4-5-10-21(20)18-27/h1-5,7-10,14-15,22-23H,6,11-13,16-18H2,(H2,26,30)/b15-14+/t22-,23-/m0/s1. The third-order valence-corrected chi connectivity index (χ3v) is 6.23. The molecular weight excluding hydrogens is 374 g/mol. The molecule has 2 aliphatic rings. The largest absolute Gasteiger partial charge is 0.368 e. The van der Waals surface area contributed by atoms with Crippen LogP contribution in [0.5, 0.6) is 0 Å². The first-order valence-corrected chi connectivity index (χ1v) is 10.7. The lowest BCUT2D eigenvalue weighted by Crippen LogP contribution is -2.45. The summed E-state index contributed by atoms with van der Waals surface area (Å²) in [6, 6.07) is 18.3. The third kappa shape index (κ3) is 4.62. The van der Waals surface area contributed by atoms with E-state index >= 15 is 0 Å². The number of fused-ring (bicyclic) bond motifs is 1. The highest BCUT2D eigenvalue weighted by Gasteiger charge is 2.33. The quantitative estimate of drug-likeness (QED) is 0.723. The molecule has 0 spiro atoms. The minimum absolute atomic E-state index is 0.0131. The number of amides is 2. The Balaban J connectivity index is 1.46. The van der Waals surface area contributed by atoms with Gasteiger partial charge < -0.3 is 10.6 Å². The Bertz CT molecular complexity index is 900. The number of carbonyl (C=O) groups is 2. The topological polar surface area (TPSA) is 66.6 Å². The monoisotopic (exact) mass is 403 g/mol. The molecular formula is C25H29N3O2. The Morgan fingerprint density at radius 3 is 2.37 bits per heavy atom. The molecule has 0 aromatic heterocycles. The zero-order chi connectivity index (χ0) is 20.9. The van der Waals surface area contributed by atoms with E-state index in [0.717, 1.165) is 32.2 Å². The summed E-state index contributed by atoms with van der Waals surface area (Å²) in [7, 11) is 0. The van der Waals surface area contributed by atoms with Gasteiger partial charge in [0, 0.05) is 25.2 Å². The van der Waals surface area contributed by atoms with Crippen molar-refractivity contribution >= 4 is 11.8 Å².